The van der Waals surface area contributed by atoms with E-state index in [4.69, 9.17) is 9.47 Å². The van der Waals surface area contributed by atoms with Gasteiger partial charge in [0.15, 0.2) is 0 Å². The fourth-order valence-electron chi connectivity index (χ4n) is 2.27. The van der Waals surface area contributed by atoms with Crippen LogP contribution in [-0.4, -0.2) is 59.7 Å². The molecule has 0 aromatic rings. The van der Waals surface area contributed by atoms with Crippen molar-refractivity contribution in [3.63, 3.8) is 0 Å². The Morgan fingerprint density at radius 3 is 2.58 bits per heavy atom. The van der Waals surface area contributed by atoms with E-state index in [1.807, 2.05) is 0 Å². The monoisotopic (exact) mass is 314 g/mol. The van der Waals surface area contributed by atoms with Crippen LogP contribution in [0.5, 0.6) is 0 Å². The highest BCUT2D eigenvalue weighted by atomic mass is 35.5. The maximum absolute atomic E-state index is 11.9. The van der Waals surface area contributed by atoms with E-state index in [0.29, 0.717) is 32.3 Å². The first-order valence-electron chi connectivity index (χ1n) is 6.53. The molecule has 2 saturated heterocycles. The number of halogens is 1. The summed E-state index contributed by atoms with van der Waals surface area (Å²) in [6.45, 7) is 3.90. The van der Waals surface area contributed by atoms with Gasteiger partial charge in [-0.15, -0.1) is 12.4 Å². The molecule has 2 aliphatic heterocycles. The molecular formula is C11H23ClN2O4S. The number of rotatable bonds is 5. The van der Waals surface area contributed by atoms with Crippen molar-refractivity contribution in [1.82, 2.24) is 10.0 Å². The van der Waals surface area contributed by atoms with Gasteiger partial charge in [-0.2, -0.15) is 0 Å². The molecule has 1 unspecified atom stereocenters. The smallest absolute Gasteiger partial charge is 0.214 e. The van der Waals surface area contributed by atoms with Crippen LogP contribution in [0.4, 0.5) is 0 Å². The number of nitrogens with one attached hydrogen (secondary N) is 2. The van der Waals surface area contributed by atoms with Crippen LogP contribution in [0.3, 0.4) is 0 Å². The zero-order valence-electron chi connectivity index (χ0n) is 11.0. The number of hydrogen-bond acceptors (Lipinski definition) is 5. The van der Waals surface area contributed by atoms with E-state index in [2.05, 4.69) is 10.0 Å². The molecule has 6 nitrogen and oxygen atoms in total. The second-order valence-electron chi connectivity index (χ2n) is 4.89. The number of ether oxygens (including phenoxy) is 2. The van der Waals surface area contributed by atoms with Crippen LogP contribution in [0.1, 0.15) is 12.8 Å². The summed E-state index contributed by atoms with van der Waals surface area (Å²) in [6.07, 6.45) is 1.74. The molecule has 0 aliphatic carbocycles. The topological polar surface area (TPSA) is 76.7 Å². The predicted octanol–water partition coefficient (Wildman–Crippen LogP) is -0.257. The molecule has 2 N–H and O–H groups in total. The Morgan fingerprint density at radius 2 is 1.95 bits per heavy atom. The zero-order valence-corrected chi connectivity index (χ0v) is 12.6. The molecule has 0 spiro atoms. The minimum atomic E-state index is -3.26. The summed E-state index contributed by atoms with van der Waals surface area (Å²) < 4.78 is 37.0. The highest BCUT2D eigenvalue weighted by Gasteiger charge is 2.23. The summed E-state index contributed by atoms with van der Waals surface area (Å²) in [7, 11) is -3.26. The van der Waals surface area contributed by atoms with Gasteiger partial charge in [0.2, 0.25) is 10.0 Å². The molecule has 0 saturated carbocycles. The van der Waals surface area contributed by atoms with Crippen molar-refractivity contribution in [3.05, 3.63) is 0 Å². The van der Waals surface area contributed by atoms with Crippen molar-refractivity contribution in [2.45, 2.75) is 18.9 Å². The van der Waals surface area contributed by atoms with E-state index in [-0.39, 0.29) is 24.3 Å². The van der Waals surface area contributed by atoms with Crippen LogP contribution in [-0.2, 0) is 19.5 Å². The van der Waals surface area contributed by atoms with E-state index >= 15 is 0 Å². The molecule has 2 aliphatic rings. The summed E-state index contributed by atoms with van der Waals surface area (Å²) in [6, 6.07) is 0. The largest absolute Gasteiger partial charge is 0.376 e. The van der Waals surface area contributed by atoms with Crippen LogP contribution < -0.4 is 10.0 Å². The molecule has 19 heavy (non-hydrogen) atoms. The predicted molar refractivity (Wildman–Crippen MR) is 75.2 cm³/mol. The van der Waals surface area contributed by atoms with Crippen molar-refractivity contribution in [1.29, 1.82) is 0 Å². The van der Waals surface area contributed by atoms with Gasteiger partial charge < -0.3 is 14.8 Å². The lowest BCUT2D eigenvalue weighted by Gasteiger charge is -2.25. The molecule has 2 rings (SSSR count). The fraction of sp³-hybridized carbons (Fsp3) is 1.00. The molecule has 0 aromatic carbocycles. The van der Waals surface area contributed by atoms with Crippen LogP contribution >= 0.6 is 12.4 Å². The summed E-state index contributed by atoms with van der Waals surface area (Å²) in [4.78, 5) is 0. The number of sulfonamides is 1. The molecule has 0 bridgehead atoms. The van der Waals surface area contributed by atoms with Crippen molar-refractivity contribution in [2.24, 2.45) is 5.92 Å². The van der Waals surface area contributed by atoms with Crippen molar-refractivity contribution in [3.8, 4) is 0 Å². The lowest BCUT2D eigenvalue weighted by atomic mass is 9.99. The van der Waals surface area contributed by atoms with Gasteiger partial charge in [-0.1, -0.05) is 0 Å². The van der Waals surface area contributed by atoms with E-state index in [9.17, 15) is 8.42 Å². The Morgan fingerprint density at radius 1 is 1.21 bits per heavy atom. The van der Waals surface area contributed by atoms with Crippen molar-refractivity contribution >= 4 is 22.4 Å². The van der Waals surface area contributed by atoms with Crippen molar-refractivity contribution < 1.29 is 17.9 Å². The van der Waals surface area contributed by atoms with Crippen LogP contribution in [0, 0.1) is 5.92 Å². The Kier molecular flexibility index (Phi) is 7.56. The van der Waals surface area contributed by atoms with Gasteiger partial charge in [-0.3, -0.25) is 0 Å². The molecule has 0 amide bonds. The van der Waals surface area contributed by atoms with Crippen LogP contribution in [0.25, 0.3) is 0 Å². The lowest BCUT2D eigenvalue weighted by Crippen LogP contribution is -2.41. The number of piperidine rings is 1. The highest BCUT2D eigenvalue weighted by Crippen LogP contribution is 2.11. The average Bonchev–Trinajstić information content (AvgIpc) is 2.38. The van der Waals surface area contributed by atoms with E-state index in [0.717, 1.165) is 25.9 Å². The first-order chi connectivity index (χ1) is 8.66. The molecule has 2 heterocycles. The Hall–Kier alpha value is 0.0800. The molecule has 1 atom stereocenters. The minimum absolute atomic E-state index is 0. The standard InChI is InChI=1S/C11H22N2O4S.ClH/c14-18(15,9-11-8-16-5-6-17-11)13-7-10-1-3-12-4-2-10;/h10-13H,1-9H2;1H. The van der Waals surface area contributed by atoms with Gasteiger partial charge in [-0.05, 0) is 31.8 Å². The van der Waals surface area contributed by atoms with Gasteiger partial charge in [0.1, 0.15) is 0 Å². The first-order valence-corrected chi connectivity index (χ1v) is 8.18. The summed E-state index contributed by atoms with van der Waals surface area (Å²) in [5.41, 5.74) is 0. The van der Waals surface area contributed by atoms with Gasteiger partial charge in [0, 0.05) is 6.54 Å². The van der Waals surface area contributed by atoms with E-state index in [1.54, 1.807) is 0 Å². The summed E-state index contributed by atoms with van der Waals surface area (Å²) in [5, 5.41) is 3.26. The van der Waals surface area contributed by atoms with Crippen LogP contribution in [0.2, 0.25) is 0 Å². The maximum Gasteiger partial charge on any atom is 0.214 e. The zero-order chi connectivity index (χ0) is 12.8. The summed E-state index contributed by atoms with van der Waals surface area (Å²) >= 11 is 0. The van der Waals surface area contributed by atoms with Gasteiger partial charge in [-0.25, -0.2) is 13.1 Å². The molecular weight excluding hydrogens is 292 g/mol. The van der Waals surface area contributed by atoms with Gasteiger partial charge in [0.25, 0.3) is 0 Å². The quantitative estimate of drug-likeness (QED) is 0.731. The molecule has 0 radical (unpaired) electrons. The molecule has 8 heteroatoms. The molecule has 0 aromatic heterocycles. The second kappa shape index (κ2) is 8.39. The molecule has 114 valence electrons. The normalized spacial score (nSPS) is 25.8. The third kappa shape index (κ3) is 6.37. The first kappa shape index (κ1) is 17.1. The number of hydrogen-bond donors (Lipinski definition) is 2. The van der Waals surface area contributed by atoms with Crippen LogP contribution in [0.15, 0.2) is 0 Å². The minimum Gasteiger partial charge on any atom is -0.376 e. The Labute approximate surface area is 121 Å². The van der Waals surface area contributed by atoms with Gasteiger partial charge in [0.05, 0.1) is 31.7 Å². The van der Waals surface area contributed by atoms with Gasteiger partial charge >= 0.3 is 0 Å². The fourth-order valence-corrected chi connectivity index (χ4v) is 3.56. The third-order valence-electron chi connectivity index (χ3n) is 3.34. The molecule has 2 fully saturated rings. The van der Waals surface area contributed by atoms with E-state index < -0.39 is 10.0 Å². The maximum atomic E-state index is 11.9. The Bertz CT molecular complexity index is 341. The lowest BCUT2D eigenvalue weighted by molar-refractivity contribution is -0.0783. The average molecular weight is 315 g/mol. The second-order valence-corrected chi connectivity index (χ2v) is 6.74. The summed E-state index contributed by atoms with van der Waals surface area (Å²) in [5.74, 6) is 0.447. The Balaban J connectivity index is 0.00000180. The van der Waals surface area contributed by atoms with Crippen molar-refractivity contribution in [2.75, 3.05) is 45.2 Å². The highest BCUT2D eigenvalue weighted by molar-refractivity contribution is 7.89. The van der Waals surface area contributed by atoms with E-state index in [1.165, 1.54) is 0 Å². The SMILES string of the molecule is Cl.O=S(=O)(CC1COCCO1)NCC1CCNCC1. The third-order valence-corrected chi connectivity index (χ3v) is 4.76.